The number of aryl methyl sites for hydroxylation is 2. The number of nitrogens with zero attached hydrogens (tertiary/aromatic N) is 4. The van der Waals surface area contributed by atoms with Gasteiger partial charge >= 0.3 is 0 Å². The van der Waals surface area contributed by atoms with Crippen LogP contribution < -0.4 is 5.32 Å². The fraction of sp³-hybridized carbons (Fsp3) is 0.579. The number of aliphatic hydroxyl groups excluding tert-OH is 1. The Morgan fingerprint density at radius 3 is 2.81 bits per heavy atom. The molecule has 0 unspecified atom stereocenters. The molecule has 3 rings (SSSR count). The van der Waals surface area contributed by atoms with E-state index >= 15 is 0 Å². The van der Waals surface area contributed by atoms with Crippen molar-refractivity contribution in [2.24, 2.45) is 13.0 Å². The second-order valence-electron chi connectivity index (χ2n) is 7.55. The molecule has 0 saturated heterocycles. The summed E-state index contributed by atoms with van der Waals surface area (Å²) in [6, 6.07) is 3.69. The van der Waals surface area contributed by atoms with Gasteiger partial charge in [-0.25, -0.2) is 0 Å². The van der Waals surface area contributed by atoms with Crippen LogP contribution in [0.25, 0.3) is 0 Å². The highest BCUT2D eigenvalue weighted by Crippen LogP contribution is 2.37. The van der Waals surface area contributed by atoms with E-state index in [1.54, 1.807) is 6.33 Å². The normalized spacial score (nSPS) is 22.8. The average Bonchev–Trinajstić information content (AvgIpc) is 3.18. The Morgan fingerprint density at radius 1 is 1.38 bits per heavy atom. The van der Waals surface area contributed by atoms with Gasteiger partial charge in [-0.15, -0.1) is 10.2 Å². The summed E-state index contributed by atoms with van der Waals surface area (Å²) in [5, 5.41) is 21.4. The predicted octanol–water partition coefficient (Wildman–Crippen LogP) is 1.93. The van der Waals surface area contributed by atoms with Crippen LogP contribution in [0.3, 0.4) is 0 Å². The van der Waals surface area contributed by atoms with Crippen LogP contribution in [0.4, 0.5) is 0 Å². The van der Waals surface area contributed by atoms with E-state index in [2.05, 4.69) is 20.5 Å². The van der Waals surface area contributed by atoms with E-state index in [9.17, 15) is 9.90 Å². The highest BCUT2D eigenvalue weighted by Gasteiger charge is 2.36. The van der Waals surface area contributed by atoms with Gasteiger partial charge in [-0.2, -0.15) is 0 Å². The van der Waals surface area contributed by atoms with Crippen molar-refractivity contribution in [3.8, 4) is 0 Å². The molecular formula is C19H27N5O2. The Balaban J connectivity index is 1.64. The fourth-order valence-corrected chi connectivity index (χ4v) is 3.72. The monoisotopic (exact) mass is 357 g/mol. The van der Waals surface area contributed by atoms with Gasteiger partial charge in [0, 0.05) is 31.1 Å². The van der Waals surface area contributed by atoms with Crippen LogP contribution in [0.15, 0.2) is 18.5 Å². The number of nitrogens with one attached hydrogen (secondary N) is 1. The Hall–Kier alpha value is -2.28. The molecule has 0 radical (unpaired) electrons. The largest absolute Gasteiger partial charge is 0.393 e. The lowest BCUT2D eigenvalue weighted by molar-refractivity contribution is 0.0915. The third-order valence-electron chi connectivity index (χ3n) is 5.15. The molecule has 2 aromatic rings. The van der Waals surface area contributed by atoms with Crippen molar-refractivity contribution in [1.82, 2.24) is 25.1 Å². The van der Waals surface area contributed by atoms with Gasteiger partial charge in [0.05, 0.1) is 17.4 Å². The lowest BCUT2D eigenvalue weighted by Crippen LogP contribution is -2.33. The zero-order chi connectivity index (χ0) is 18.8. The molecule has 2 N–H and O–H groups in total. The number of amides is 1. The van der Waals surface area contributed by atoms with Crippen LogP contribution in [0.1, 0.15) is 66.1 Å². The van der Waals surface area contributed by atoms with Crippen LogP contribution in [-0.4, -0.2) is 43.4 Å². The summed E-state index contributed by atoms with van der Waals surface area (Å²) in [7, 11) is 1.91. The summed E-state index contributed by atoms with van der Waals surface area (Å²) in [5.74, 6) is 1.12. The first-order valence-electron chi connectivity index (χ1n) is 9.14. The molecule has 2 heterocycles. The molecule has 7 heteroatoms. The van der Waals surface area contributed by atoms with Crippen LogP contribution >= 0.6 is 0 Å². The van der Waals surface area contributed by atoms with Crippen molar-refractivity contribution in [3.05, 3.63) is 41.2 Å². The van der Waals surface area contributed by atoms with Crippen LogP contribution in [0, 0.1) is 12.8 Å². The second kappa shape index (κ2) is 7.53. The standard InChI is InChI=1S/C19H27N5O2/c1-11(2)17-15(6-5-12(3)22-17)19(26)20-9-14-7-13(8-16(14)25)18-23-21-10-24(18)4/h5-6,10-11,13-14,16,25H,7-9H2,1-4H3,(H,20,26)/t13-,14+,16+/m0/s1. The summed E-state index contributed by atoms with van der Waals surface area (Å²) in [4.78, 5) is 17.2. The summed E-state index contributed by atoms with van der Waals surface area (Å²) in [5.41, 5.74) is 2.33. The van der Waals surface area contributed by atoms with E-state index in [-0.39, 0.29) is 23.7 Å². The van der Waals surface area contributed by atoms with E-state index in [4.69, 9.17) is 0 Å². The van der Waals surface area contributed by atoms with E-state index in [0.29, 0.717) is 18.5 Å². The first-order chi connectivity index (χ1) is 12.4. The minimum absolute atomic E-state index is 0.0153. The quantitative estimate of drug-likeness (QED) is 0.853. The van der Waals surface area contributed by atoms with Gasteiger partial charge in [-0.3, -0.25) is 9.78 Å². The van der Waals surface area contributed by atoms with E-state index < -0.39 is 6.10 Å². The van der Waals surface area contributed by atoms with E-state index in [0.717, 1.165) is 23.6 Å². The zero-order valence-corrected chi connectivity index (χ0v) is 15.8. The smallest absolute Gasteiger partial charge is 0.253 e. The first kappa shape index (κ1) is 18.5. The fourth-order valence-electron chi connectivity index (χ4n) is 3.72. The maximum Gasteiger partial charge on any atom is 0.253 e. The molecule has 3 atom stereocenters. The third kappa shape index (κ3) is 3.77. The lowest BCUT2D eigenvalue weighted by Gasteiger charge is -2.17. The molecule has 140 valence electrons. The van der Waals surface area contributed by atoms with Crippen LogP contribution in [0.5, 0.6) is 0 Å². The molecule has 0 spiro atoms. The van der Waals surface area contributed by atoms with Crippen molar-refractivity contribution in [2.45, 2.75) is 51.6 Å². The molecule has 1 aliphatic carbocycles. The maximum absolute atomic E-state index is 12.6. The molecule has 2 aromatic heterocycles. The molecule has 7 nitrogen and oxygen atoms in total. The maximum atomic E-state index is 12.6. The second-order valence-corrected chi connectivity index (χ2v) is 7.55. The highest BCUT2D eigenvalue weighted by atomic mass is 16.3. The number of rotatable bonds is 5. The number of carbonyl (C=O) groups is 1. The molecular weight excluding hydrogens is 330 g/mol. The van der Waals surface area contributed by atoms with E-state index in [1.807, 2.05) is 44.5 Å². The lowest BCUT2D eigenvalue weighted by atomic mass is 10.0. The number of hydrogen-bond acceptors (Lipinski definition) is 5. The van der Waals surface area contributed by atoms with Crippen molar-refractivity contribution < 1.29 is 9.90 Å². The number of hydrogen-bond donors (Lipinski definition) is 2. The Morgan fingerprint density at radius 2 is 2.15 bits per heavy atom. The Labute approximate surface area is 153 Å². The third-order valence-corrected chi connectivity index (χ3v) is 5.15. The van der Waals surface area contributed by atoms with E-state index in [1.165, 1.54) is 0 Å². The van der Waals surface area contributed by atoms with Gasteiger partial charge in [0.1, 0.15) is 12.2 Å². The molecule has 0 bridgehead atoms. The first-order valence-corrected chi connectivity index (χ1v) is 9.14. The molecule has 0 aromatic carbocycles. The molecule has 26 heavy (non-hydrogen) atoms. The minimum atomic E-state index is -0.447. The molecule has 1 fully saturated rings. The summed E-state index contributed by atoms with van der Waals surface area (Å²) in [6.07, 6.45) is 2.67. The summed E-state index contributed by atoms with van der Waals surface area (Å²) < 4.78 is 1.89. The van der Waals surface area contributed by atoms with Crippen molar-refractivity contribution in [3.63, 3.8) is 0 Å². The van der Waals surface area contributed by atoms with Gasteiger partial charge in [0.25, 0.3) is 5.91 Å². The molecule has 1 aliphatic rings. The van der Waals surface area contributed by atoms with Gasteiger partial charge in [-0.1, -0.05) is 13.8 Å². The van der Waals surface area contributed by atoms with Crippen molar-refractivity contribution in [2.75, 3.05) is 6.54 Å². The summed E-state index contributed by atoms with van der Waals surface area (Å²) >= 11 is 0. The predicted molar refractivity (Wildman–Crippen MR) is 97.9 cm³/mol. The van der Waals surface area contributed by atoms with Gasteiger partial charge in [-0.05, 0) is 37.8 Å². The SMILES string of the molecule is Cc1ccc(C(=O)NC[C@H]2C[C@H](c3nncn3C)C[C@H]2O)c(C(C)C)n1. The Kier molecular flexibility index (Phi) is 5.36. The molecule has 1 saturated carbocycles. The number of aromatic nitrogens is 4. The zero-order valence-electron chi connectivity index (χ0n) is 15.8. The van der Waals surface area contributed by atoms with Gasteiger partial charge < -0.3 is 15.0 Å². The average molecular weight is 357 g/mol. The van der Waals surface area contributed by atoms with Crippen molar-refractivity contribution in [1.29, 1.82) is 0 Å². The number of carbonyl (C=O) groups excluding carboxylic acids is 1. The van der Waals surface area contributed by atoms with Gasteiger partial charge in [0.2, 0.25) is 0 Å². The molecule has 1 amide bonds. The summed E-state index contributed by atoms with van der Waals surface area (Å²) in [6.45, 7) is 6.43. The minimum Gasteiger partial charge on any atom is -0.393 e. The number of aliphatic hydroxyl groups is 1. The van der Waals surface area contributed by atoms with Crippen molar-refractivity contribution >= 4 is 5.91 Å². The van der Waals surface area contributed by atoms with Crippen LogP contribution in [0.2, 0.25) is 0 Å². The molecule has 0 aliphatic heterocycles. The van der Waals surface area contributed by atoms with Crippen LogP contribution in [-0.2, 0) is 7.05 Å². The highest BCUT2D eigenvalue weighted by molar-refractivity contribution is 5.95. The topological polar surface area (TPSA) is 92.9 Å². The number of pyridine rings is 1. The Bertz CT molecular complexity index is 786. The van der Waals surface area contributed by atoms with Gasteiger partial charge in [0.15, 0.2) is 0 Å².